The molecule has 0 amide bonds. The number of rotatable bonds is 8. The first-order valence-corrected chi connectivity index (χ1v) is 8.66. The van der Waals surface area contributed by atoms with Gasteiger partial charge in [-0.05, 0) is 42.9 Å². The average molecular weight is 353 g/mol. The zero-order valence-corrected chi connectivity index (χ0v) is 15.3. The molecule has 2 N–H and O–H groups in total. The van der Waals surface area contributed by atoms with Crippen molar-refractivity contribution < 1.29 is 14.2 Å². The number of ether oxygens (including phenoxy) is 3. The molecule has 134 valence electrons. The van der Waals surface area contributed by atoms with Crippen molar-refractivity contribution in [1.82, 2.24) is 15.5 Å². The molecule has 2 rings (SSSR count). The largest absolute Gasteiger partial charge is 0.493 e. The normalized spacial score (nSPS) is 14.9. The van der Waals surface area contributed by atoms with Gasteiger partial charge in [0.2, 0.25) is 0 Å². The van der Waals surface area contributed by atoms with E-state index in [1.807, 2.05) is 18.2 Å². The maximum atomic E-state index is 5.34. The van der Waals surface area contributed by atoms with Crippen LogP contribution >= 0.6 is 12.2 Å². The summed E-state index contributed by atoms with van der Waals surface area (Å²) in [6.07, 6.45) is 1.07. The number of methoxy groups -OCH3 is 2. The number of hydrogen-bond acceptors (Lipinski definition) is 5. The van der Waals surface area contributed by atoms with Gasteiger partial charge in [-0.25, -0.2) is 0 Å². The smallest absolute Gasteiger partial charge is 0.166 e. The Kier molecular flexibility index (Phi) is 8.07. The van der Waals surface area contributed by atoms with Gasteiger partial charge < -0.3 is 24.8 Å². The lowest BCUT2D eigenvalue weighted by molar-refractivity contribution is 0.0376. The number of hydrogen-bond donors (Lipinski definition) is 2. The number of nitrogens with zero attached hydrogens (tertiary/aromatic N) is 1. The zero-order chi connectivity index (χ0) is 17.2. The van der Waals surface area contributed by atoms with Crippen molar-refractivity contribution >= 4 is 17.3 Å². The maximum Gasteiger partial charge on any atom is 0.166 e. The van der Waals surface area contributed by atoms with Crippen LogP contribution < -0.4 is 20.1 Å². The molecule has 0 bridgehead atoms. The van der Waals surface area contributed by atoms with Crippen LogP contribution in [0.5, 0.6) is 11.5 Å². The second-order valence-electron chi connectivity index (χ2n) is 5.61. The van der Waals surface area contributed by atoms with E-state index in [0.717, 1.165) is 62.9 Å². The van der Waals surface area contributed by atoms with Crippen molar-refractivity contribution in [2.45, 2.75) is 13.0 Å². The van der Waals surface area contributed by atoms with Crippen LogP contribution in [0, 0.1) is 0 Å². The Hall–Kier alpha value is -1.57. The van der Waals surface area contributed by atoms with Gasteiger partial charge in [-0.3, -0.25) is 4.90 Å². The molecule has 7 heteroatoms. The van der Waals surface area contributed by atoms with Gasteiger partial charge >= 0.3 is 0 Å². The minimum absolute atomic E-state index is 0.648. The van der Waals surface area contributed by atoms with Crippen LogP contribution in [0.1, 0.15) is 12.0 Å². The summed E-state index contributed by atoms with van der Waals surface area (Å²) >= 11 is 5.32. The van der Waals surface area contributed by atoms with Crippen LogP contribution in [0.3, 0.4) is 0 Å². The molecule has 1 aromatic rings. The summed E-state index contributed by atoms with van der Waals surface area (Å²) in [5.74, 6) is 1.45. The quantitative estimate of drug-likeness (QED) is 0.541. The summed E-state index contributed by atoms with van der Waals surface area (Å²) in [5.41, 5.74) is 1.09. The number of nitrogens with one attached hydrogen (secondary N) is 2. The van der Waals surface area contributed by atoms with Crippen molar-refractivity contribution in [3.05, 3.63) is 23.8 Å². The number of thiocarbonyl (C=S) groups is 1. The van der Waals surface area contributed by atoms with Crippen molar-refractivity contribution in [3.8, 4) is 11.5 Å². The van der Waals surface area contributed by atoms with Gasteiger partial charge in [0.1, 0.15) is 0 Å². The molecular formula is C17H27N3O3S. The minimum atomic E-state index is 0.648. The summed E-state index contributed by atoms with van der Waals surface area (Å²) in [6, 6.07) is 5.84. The molecule has 0 spiro atoms. The van der Waals surface area contributed by atoms with Crippen molar-refractivity contribution in [2.24, 2.45) is 0 Å². The number of benzene rings is 1. The van der Waals surface area contributed by atoms with E-state index in [1.165, 1.54) is 0 Å². The molecule has 24 heavy (non-hydrogen) atoms. The van der Waals surface area contributed by atoms with Gasteiger partial charge in [0, 0.05) is 26.2 Å². The zero-order valence-electron chi connectivity index (χ0n) is 14.5. The van der Waals surface area contributed by atoms with Crippen molar-refractivity contribution in [3.63, 3.8) is 0 Å². The summed E-state index contributed by atoms with van der Waals surface area (Å²) in [7, 11) is 3.27. The van der Waals surface area contributed by atoms with E-state index in [1.54, 1.807) is 14.2 Å². The summed E-state index contributed by atoms with van der Waals surface area (Å²) in [6.45, 7) is 6.35. The molecule has 0 aromatic heterocycles. The molecule has 0 unspecified atom stereocenters. The van der Waals surface area contributed by atoms with E-state index in [0.29, 0.717) is 11.7 Å². The van der Waals surface area contributed by atoms with Gasteiger partial charge in [-0.1, -0.05) is 6.07 Å². The molecule has 1 aromatic carbocycles. The van der Waals surface area contributed by atoms with Gasteiger partial charge in [-0.2, -0.15) is 0 Å². The molecule has 0 saturated carbocycles. The molecule has 0 radical (unpaired) electrons. The highest BCUT2D eigenvalue weighted by Crippen LogP contribution is 2.27. The molecular weight excluding hydrogens is 326 g/mol. The van der Waals surface area contributed by atoms with Crippen LogP contribution in [0.2, 0.25) is 0 Å². The first kappa shape index (κ1) is 18.8. The summed E-state index contributed by atoms with van der Waals surface area (Å²) < 4.78 is 15.9. The standard InChI is InChI=1S/C17H27N3O3S/c1-21-15-5-4-14(12-16(15)22-2)13-19-17(24)18-6-3-7-20-8-10-23-11-9-20/h4-5,12H,3,6-11,13H2,1-2H3,(H2,18,19,24). The Morgan fingerprint density at radius 1 is 1.17 bits per heavy atom. The second kappa shape index (κ2) is 10.3. The summed E-state index contributed by atoms with van der Waals surface area (Å²) in [4.78, 5) is 2.42. The average Bonchev–Trinajstić information content (AvgIpc) is 2.64. The SMILES string of the molecule is COc1ccc(CNC(=S)NCCCN2CCOCC2)cc1OC. The Balaban J connectivity index is 1.63. The second-order valence-corrected chi connectivity index (χ2v) is 6.01. The maximum absolute atomic E-state index is 5.34. The van der Waals surface area contributed by atoms with Crippen molar-refractivity contribution in [2.75, 3.05) is 53.6 Å². The highest BCUT2D eigenvalue weighted by atomic mass is 32.1. The van der Waals surface area contributed by atoms with Gasteiger partial charge in [0.05, 0.1) is 27.4 Å². The van der Waals surface area contributed by atoms with E-state index in [4.69, 9.17) is 26.4 Å². The minimum Gasteiger partial charge on any atom is -0.493 e. The fourth-order valence-electron chi connectivity index (χ4n) is 2.56. The van der Waals surface area contributed by atoms with Gasteiger partial charge in [-0.15, -0.1) is 0 Å². The molecule has 1 aliphatic heterocycles. The van der Waals surface area contributed by atoms with E-state index in [-0.39, 0.29) is 0 Å². The Labute approximate surface area is 149 Å². The predicted octanol–water partition coefficient (Wildman–Crippen LogP) is 1.39. The molecule has 1 fully saturated rings. The fraction of sp³-hybridized carbons (Fsp3) is 0.588. The Morgan fingerprint density at radius 2 is 1.92 bits per heavy atom. The molecule has 6 nitrogen and oxygen atoms in total. The molecule has 1 heterocycles. The van der Waals surface area contributed by atoms with Crippen LogP contribution in [-0.4, -0.2) is 63.6 Å². The van der Waals surface area contributed by atoms with Crippen molar-refractivity contribution in [1.29, 1.82) is 0 Å². The lowest BCUT2D eigenvalue weighted by atomic mass is 10.2. The fourth-order valence-corrected chi connectivity index (χ4v) is 2.74. The third-order valence-electron chi connectivity index (χ3n) is 3.94. The first-order valence-electron chi connectivity index (χ1n) is 8.25. The third kappa shape index (κ3) is 6.14. The highest BCUT2D eigenvalue weighted by Gasteiger charge is 2.09. The van der Waals surface area contributed by atoms with Crippen LogP contribution in [0.4, 0.5) is 0 Å². The first-order chi connectivity index (χ1) is 11.7. The van der Waals surface area contributed by atoms with Crippen LogP contribution in [0.15, 0.2) is 18.2 Å². The topological polar surface area (TPSA) is 55.0 Å². The lowest BCUT2D eigenvalue weighted by Gasteiger charge is -2.26. The van der Waals surface area contributed by atoms with E-state index in [2.05, 4.69) is 15.5 Å². The summed E-state index contributed by atoms with van der Waals surface area (Å²) in [5, 5.41) is 7.14. The highest BCUT2D eigenvalue weighted by molar-refractivity contribution is 7.80. The lowest BCUT2D eigenvalue weighted by Crippen LogP contribution is -2.39. The predicted molar refractivity (Wildman–Crippen MR) is 98.9 cm³/mol. The molecule has 0 aliphatic carbocycles. The molecule has 0 atom stereocenters. The van der Waals surface area contributed by atoms with E-state index >= 15 is 0 Å². The third-order valence-corrected chi connectivity index (χ3v) is 4.23. The number of morpholine rings is 1. The molecule has 1 aliphatic rings. The van der Waals surface area contributed by atoms with Crippen LogP contribution in [0.25, 0.3) is 0 Å². The molecule has 1 saturated heterocycles. The van der Waals surface area contributed by atoms with E-state index < -0.39 is 0 Å². The van der Waals surface area contributed by atoms with Gasteiger partial charge in [0.15, 0.2) is 16.6 Å². The monoisotopic (exact) mass is 353 g/mol. The Morgan fingerprint density at radius 3 is 2.62 bits per heavy atom. The van der Waals surface area contributed by atoms with Gasteiger partial charge in [0.25, 0.3) is 0 Å². The Bertz CT molecular complexity index is 522. The van der Waals surface area contributed by atoms with Crippen LogP contribution in [-0.2, 0) is 11.3 Å². The van der Waals surface area contributed by atoms with E-state index in [9.17, 15) is 0 Å².